The number of halogens is 2. The van der Waals surface area contributed by atoms with Gasteiger partial charge in [0.05, 0.1) is 4.90 Å². The number of nitrogens with zero attached hydrogens (tertiary/aromatic N) is 1. The number of hydrogen-bond donors (Lipinski definition) is 0. The molecule has 2 aromatic rings. The highest BCUT2D eigenvalue weighted by Crippen LogP contribution is 2.38. The smallest absolute Gasteiger partial charge is 0.141 e. The van der Waals surface area contributed by atoms with E-state index in [0.717, 1.165) is 11.5 Å². The van der Waals surface area contributed by atoms with E-state index in [1.807, 2.05) is 12.1 Å². The third kappa shape index (κ3) is 4.27. The second kappa shape index (κ2) is 8.68. The van der Waals surface area contributed by atoms with E-state index >= 15 is 0 Å². The summed E-state index contributed by atoms with van der Waals surface area (Å²) < 4.78 is 28.1. The highest BCUT2D eigenvalue weighted by atomic mass is 32.2. The quantitative estimate of drug-likeness (QED) is 0.407. The van der Waals surface area contributed by atoms with Crippen molar-refractivity contribution >= 4 is 11.8 Å². The average Bonchev–Trinajstić information content (AvgIpc) is 2.66. The zero-order valence-electron chi connectivity index (χ0n) is 15.0. The van der Waals surface area contributed by atoms with Gasteiger partial charge < -0.3 is 0 Å². The molecule has 0 unspecified atom stereocenters. The van der Waals surface area contributed by atoms with Gasteiger partial charge in [-0.1, -0.05) is 44.0 Å². The molecule has 2 aromatic carbocycles. The fourth-order valence-electron chi connectivity index (χ4n) is 4.01. The van der Waals surface area contributed by atoms with E-state index in [2.05, 4.69) is 19.1 Å². The summed E-state index contributed by atoms with van der Waals surface area (Å²) in [6.07, 6.45) is 7.66. The second-order valence-electron chi connectivity index (χ2n) is 7.09. The topological polar surface area (TPSA) is 23.8 Å². The lowest BCUT2D eigenvalue weighted by Gasteiger charge is -2.28. The molecule has 0 heterocycles. The van der Waals surface area contributed by atoms with Gasteiger partial charge in [0.15, 0.2) is 0 Å². The van der Waals surface area contributed by atoms with Gasteiger partial charge >= 0.3 is 0 Å². The molecule has 1 fully saturated rings. The van der Waals surface area contributed by atoms with E-state index in [0.29, 0.717) is 23.2 Å². The zero-order valence-corrected chi connectivity index (χ0v) is 15.8. The minimum absolute atomic E-state index is 0.239. The molecular weight excluding hydrogens is 348 g/mol. The number of thiocyanates is 1. The summed E-state index contributed by atoms with van der Waals surface area (Å²) >= 11 is 0.513. The summed E-state index contributed by atoms with van der Waals surface area (Å²) in [4.78, 5) is -0.239. The highest BCUT2D eigenvalue weighted by molar-refractivity contribution is 8.03. The maximum atomic E-state index is 14.0. The molecule has 26 heavy (non-hydrogen) atoms. The van der Waals surface area contributed by atoms with Crippen LogP contribution >= 0.6 is 11.8 Å². The fourth-order valence-corrected chi connectivity index (χ4v) is 4.41. The minimum Gasteiger partial charge on any atom is -0.206 e. The lowest BCUT2D eigenvalue weighted by molar-refractivity contribution is 0.308. The van der Waals surface area contributed by atoms with Crippen LogP contribution in [0.15, 0.2) is 41.3 Å². The number of rotatable bonds is 5. The Morgan fingerprint density at radius 2 is 1.62 bits per heavy atom. The molecule has 0 saturated heterocycles. The standard InChI is InChI=1S/C22H23F2NS/c1-2-3-15-4-6-16(7-5-15)17-8-10-18(11-9-17)19-12-20(23)22(26-14-25)21(24)13-19/h8-13,15-16H,2-7H2,1H3. The van der Waals surface area contributed by atoms with Crippen molar-refractivity contribution < 1.29 is 8.78 Å². The third-order valence-electron chi connectivity index (χ3n) is 5.41. The molecule has 1 aliphatic rings. The number of thioether (sulfide) groups is 1. The molecule has 1 aliphatic carbocycles. The molecule has 3 rings (SSSR count). The average molecular weight is 371 g/mol. The van der Waals surface area contributed by atoms with Gasteiger partial charge in [-0.3, -0.25) is 0 Å². The predicted molar refractivity (Wildman–Crippen MR) is 103 cm³/mol. The molecule has 4 heteroatoms. The summed E-state index contributed by atoms with van der Waals surface area (Å²) in [5, 5.41) is 10.4. The predicted octanol–water partition coefficient (Wildman–Crippen LogP) is 7.28. The van der Waals surface area contributed by atoms with Crippen LogP contribution in [0.25, 0.3) is 11.1 Å². The van der Waals surface area contributed by atoms with Gasteiger partial charge in [0.25, 0.3) is 0 Å². The molecule has 0 aromatic heterocycles. The van der Waals surface area contributed by atoms with Gasteiger partial charge in [0.2, 0.25) is 0 Å². The van der Waals surface area contributed by atoms with Crippen molar-refractivity contribution in [1.29, 1.82) is 5.26 Å². The molecule has 0 radical (unpaired) electrons. The van der Waals surface area contributed by atoms with Gasteiger partial charge in [0.1, 0.15) is 17.0 Å². The first kappa shape index (κ1) is 18.9. The van der Waals surface area contributed by atoms with E-state index < -0.39 is 11.6 Å². The van der Waals surface area contributed by atoms with Crippen molar-refractivity contribution in [2.75, 3.05) is 0 Å². The molecule has 0 N–H and O–H groups in total. The Morgan fingerprint density at radius 3 is 2.15 bits per heavy atom. The number of nitriles is 1. The SMILES string of the molecule is CCCC1CCC(c2ccc(-c3cc(F)c(SC#N)c(F)c3)cc2)CC1. The van der Waals surface area contributed by atoms with Gasteiger partial charge in [-0.15, -0.1) is 0 Å². The van der Waals surface area contributed by atoms with Crippen LogP contribution in [0.5, 0.6) is 0 Å². The van der Waals surface area contributed by atoms with Crippen LogP contribution in [0.1, 0.15) is 56.9 Å². The van der Waals surface area contributed by atoms with Gasteiger partial charge in [-0.25, -0.2) is 8.78 Å². The molecule has 0 amide bonds. The third-order valence-corrected chi connectivity index (χ3v) is 6.09. The van der Waals surface area contributed by atoms with E-state index in [-0.39, 0.29) is 4.90 Å². The van der Waals surface area contributed by atoms with Crippen LogP contribution in [-0.2, 0) is 0 Å². The van der Waals surface area contributed by atoms with Gasteiger partial charge in [-0.05, 0) is 78.1 Å². The van der Waals surface area contributed by atoms with Crippen LogP contribution in [-0.4, -0.2) is 0 Å². The van der Waals surface area contributed by atoms with E-state index in [4.69, 9.17) is 5.26 Å². The molecule has 0 bridgehead atoms. The number of hydrogen-bond acceptors (Lipinski definition) is 2. The Hall–Kier alpha value is -1.86. The minimum atomic E-state index is -0.690. The summed E-state index contributed by atoms with van der Waals surface area (Å²) in [6, 6.07) is 10.7. The first-order chi connectivity index (χ1) is 12.6. The van der Waals surface area contributed by atoms with Crippen molar-refractivity contribution in [2.45, 2.75) is 56.3 Å². The molecule has 0 aliphatic heterocycles. The molecule has 0 atom stereocenters. The summed E-state index contributed by atoms with van der Waals surface area (Å²) in [5.41, 5.74) is 2.61. The van der Waals surface area contributed by atoms with Gasteiger partial charge in [0, 0.05) is 0 Å². The lowest BCUT2D eigenvalue weighted by atomic mass is 9.77. The summed E-state index contributed by atoms with van der Waals surface area (Å²) in [6.45, 7) is 2.25. The Morgan fingerprint density at radius 1 is 1.00 bits per heavy atom. The molecule has 1 nitrogen and oxygen atoms in total. The second-order valence-corrected chi connectivity index (χ2v) is 7.89. The van der Waals surface area contributed by atoms with E-state index in [1.54, 1.807) is 5.40 Å². The normalized spacial score (nSPS) is 19.9. The largest absolute Gasteiger partial charge is 0.206 e. The Labute approximate surface area is 158 Å². The zero-order chi connectivity index (χ0) is 18.5. The Kier molecular flexibility index (Phi) is 6.32. The molecule has 1 saturated carbocycles. The lowest BCUT2D eigenvalue weighted by Crippen LogP contribution is -2.13. The van der Waals surface area contributed by atoms with Crippen LogP contribution in [0.4, 0.5) is 8.78 Å². The first-order valence-electron chi connectivity index (χ1n) is 9.27. The van der Waals surface area contributed by atoms with Crippen molar-refractivity contribution in [1.82, 2.24) is 0 Å². The van der Waals surface area contributed by atoms with Crippen molar-refractivity contribution in [2.24, 2.45) is 5.92 Å². The van der Waals surface area contributed by atoms with Crippen molar-refractivity contribution in [3.05, 3.63) is 53.6 Å². The van der Waals surface area contributed by atoms with E-state index in [1.165, 1.54) is 56.2 Å². The van der Waals surface area contributed by atoms with Crippen molar-refractivity contribution in [3.63, 3.8) is 0 Å². The molecule has 136 valence electrons. The van der Waals surface area contributed by atoms with Crippen LogP contribution in [0.3, 0.4) is 0 Å². The highest BCUT2D eigenvalue weighted by Gasteiger charge is 2.22. The maximum absolute atomic E-state index is 14.0. The maximum Gasteiger partial charge on any atom is 0.141 e. The Balaban J connectivity index is 1.73. The first-order valence-corrected chi connectivity index (χ1v) is 10.1. The Bertz CT molecular complexity index is 764. The van der Waals surface area contributed by atoms with Crippen LogP contribution in [0.2, 0.25) is 0 Å². The van der Waals surface area contributed by atoms with Crippen LogP contribution < -0.4 is 0 Å². The number of benzene rings is 2. The van der Waals surface area contributed by atoms with E-state index in [9.17, 15) is 8.78 Å². The molecular formula is C22H23F2NS. The van der Waals surface area contributed by atoms with Gasteiger partial charge in [-0.2, -0.15) is 5.26 Å². The fraction of sp³-hybridized carbons (Fsp3) is 0.409. The monoisotopic (exact) mass is 371 g/mol. The molecule has 0 spiro atoms. The van der Waals surface area contributed by atoms with Crippen LogP contribution in [0, 0.1) is 28.2 Å². The van der Waals surface area contributed by atoms with Crippen molar-refractivity contribution in [3.8, 4) is 16.5 Å². The summed E-state index contributed by atoms with van der Waals surface area (Å²) in [7, 11) is 0. The summed E-state index contributed by atoms with van der Waals surface area (Å²) in [5.74, 6) is 0.0982.